The van der Waals surface area contributed by atoms with Crippen molar-refractivity contribution in [3.63, 3.8) is 0 Å². The van der Waals surface area contributed by atoms with E-state index in [1.54, 1.807) is 0 Å². The lowest BCUT2D eigenvalue weighted by Crippen LogP contribution is -2.40. The molecule has 0 bridgehead atoms. The van der Waals surface area contributed by atoms with Gasteiger partial charge in [0.15, 0.2) is 0 Å². The molecule has 0 atom stereocenters. The van der Waals surface area contributed by atoms with Crippen molar-refractivity contribution in [3.8, 4) is 0 Å². The summed E-state index contributed by atoms with van der Waals surface area (Å²) in [4.78, 5) is 2.54. The Morgan fingerprint density at radius 2 is 1.92 bits per heavy atom. The first-order valence-corrected chi connectivity index (χ1v) is 5.16. The smallest absolute Gasteiger partial charge is 0.00631 e. The van der Waals surface area contributed by atoms with E-state index >= 15 is 0 Å². The SMILES string of the molecule is CC(C)CCN1CCC(N)CC1. The number of hydrogen-bond donors (Lipinski definition) is 1. The van der Waals surface area contributed by atoms with E-state index in [4.69, 9.17) is 5.73 Å². The van der Waals surface area contributed by atoms with E-state index in [-0.39, 0.29) is 0 Å². The molecule has 1 fully saturated rings. The maximum Gasteiger partial charge on any atom is 0.00631 e. The first-order valence-electron chi connectivity index (χ1n) is 5.16. The van der Waals surface area contributed by atoms with Crippen LogP contribution < -0.4 is 5.73 Å². The van der Waals surface area contributed by atoms with Crippen molar-refractivity contribution in [3.05, 3.63) is 0 Å². The van der Waals surface area contributed by atoms with Gasteiger partial charge < -0.3 is 10.6 Å². The molecule has 0 aromatic heterocycles. The maximum absolute atomic E-state index is 5.83. The van der Waals surface area contributed by atoms with Crippen molar-refractivity contribution in [1.82, 2.24) is 4.90 Å². The molecule has 1 aliphatic heterocycles. The van der Waals surface area contributed by atoms with Gasteiger partial charge in [0.25, 0.3) is 0 Å². The van der Waals surface area contributed by atoms with Gasteiger partial charge in [0.05, 0.1) is 0 Å². The van der Waals surface area contributed by atoms with Crippen LogP contribution in [0.4, 0.5) is 0 Å². The Hall–Kier alpha value is -0.0800. The quantitative estimate of drug-likeness (QED) is 0.694. The Labute approximate surface area is 76.1 Å². The zero-order chi connectivity index (χ0) is 8.97. The lowest BCUT2D eigenvalue weighted by molar-refractivity contribution is 0.203. The van der Waals surface area contributed by atoms with Gasteiger partial charge >= 0.3 is 0 Å². The van der Waals surface area contributed by atoms with E-state index < -0.39 is 0 Å². The summed E-state index contributed by atoms with van der Waals surface area (Å²) in [5.41, 5.74) is 5.83. The van der Waals surface area contributed by atoms with Crippen molar-refractivity contribution >= 4 is 0 Å². The van der Waals surface area contributed by atoms with Crippen LogP contribution in [-0.2, 0) is 0 Å². The average Bonchev–Trinajstić information content (AvgIpc) is 2.03. The number of nitrogens with zero attached hydrogens (tertiary/aromatic N) is 1. The second kappa shape index (κ2) is 4.83. The summed E-state index contributed by atoms with van der Waals surface area (Å²) in [6, 6.07) is 0.472. The molecule has 1 rings (SSSR count). The van der Waals surface area contributed by atoms with Crippen LogP contribution in [0.25, 0.3) is 0 Å². The van der Waals surface area contributed by atoms with Crippen LogP contribution in [0.2, 0.25) is 0 Å². The van der Waals surface area contributed by atoms with Crippen molar-refractivity contribution in [2.24, 2.45) is 11.7 Å². The van der Waals surface area contributed by atoms with Crippen LogP contribution in [-0.4, -0.2) is 30.6 Å². The molecule has 0 saturated carbocycles. The lowest BCUT2D eigenvalue weighted by atomic mass is 10.0. The Bertz CT molecular complexity index is 115. The van der Waals surface area contributed by atoms with Crippen LogP contribution in [0.5, 0.6) is 0 Å². The highest BCUT2D eigenvalue weighted by Crippen LogP contribution is 2.10. The van der Waals surface area contributed by atoms with Gasteiger partial charge in [0.2, 0.25) is 0 Å². The lowest BCUT2D eigenvalue weighted by Gasteiger charge is -2.30. The van der Waals surface area contributed by atoms with Crippen LogP contribution >= 0.6 is 0 Å². The molecular formula is C10H22N2. The normalized spacial score (nSPS) is 22.0. The Morgan fingerprint density at radius 3 is 2.42 bits per heavy atom. The fourth-order valence-electron chi connectivity index (χ4n) is 1.62. The molecule has 12 heavy (non-hydrogen) atoms. The van der Waals surface area contributed by atoms with E-state index in [2.05, 4.69) is 18.7 Å². The maximum atomic E-state index is 5.83. The van der Waals surface area contributed by atoms with Crippen LogP contribution in [0.3, 0.4) is 0 Å². The minimum Gasteiger partial charge on any atom is -0.328 e. The van der Waals surface area contributed by atoms with Crippen molar-refractivity contribution in [1.29, 1.82) is 0 Å². The molecule has 0 spiro atoms. The van der Waals surface area contributed by atoms with E-state index in [1.165, 1.54) is 38.9 Å². The highest BCUT2D eigenvalue weighted by molar-refractivity contribution is 4.73. The number of rotatable bonds is 3. The third-order valence-corrected chi connectivity index (χ3v) is 2.65. The Balaban J connectivity index is 2.09. The number of likely N-dealkylation sites (tertiary alicyclic amines) is 1. The van der Waals surface area contributed by atoms with E-state index in [0.717, 1.165) is 5.92 Å². The Morgan fingerprint density at radius 1 is 1.33 bits per heavy atom. The molecule has 0 amide bonds. The van der Waals surface area contributed by atoms with Crippen molar-refractivity contribution in [2.75, 3.05) is 19.6 Å². The van der Waals surface area contributed by atoms with Crippen LogP contribution in [0.15, 0.2) is 0 Å². The fourth-order valence-corrected chi connectivity index (χ4v) is 1.62. The molecule has 72 valence electrons. The first-order chi connectivity index (χ1) is 5.68. The minimum atomic E-state index is 0.472. The van der Waals surface area contributed by atoms with Crippen LogP contribution in [0.1, 0.15) is 33.1 Å². The molecule has 1 aliphatic rings. The first kappa shape index (κ1) is 10.0. The van der Waals surface area contributed by atoms with E-state index in [9.17, 15) is 0 Å². The summed E-state index contributed by atoms with van der Waals surface area (Å²) in [6.45, 7) is 8.28. The molecule has 2 heteroatoms. The topological polar surface area (TPSA) is 29.3 Å². The van der Waals surface area contributed by atoms with Crippen LogP contribution in [0, 0.1) is 5.92 Å². The minimum absolute atomic E-state index is 0.472. The van der Waals surface area contributed by atoms with Gasteiger partial charge in [-0.15, -0.1) is 0 Å². The zero-order valence-corrected chi connectivity index (χ0v) is 8.42. The summed E-state index contributed by atoms with van der Waals surface area (Å²) in [5, 5.41) is 0. The van der Waals surface area contributed by atoms with Gasteiger partial charge in [-0.3, -0.25) is 0 Å². The van der Waals surface area contributed by atoms with Gasteiger partial charge in [0, 0.05) is 6.04 Å². The van der Waals surface area contributed by atoms with Gasteiger partial charge in [0.1, 0.15) is 0 Å². The third-order valence-electron chi connectivity index (χ3n) is 2.65. The number of nitrogens with two attached hydrogens (primary N) is 1. The van der Waals surface area contributed by atoms with E-state index in [1.807, 2.05) is 0 Å². The molecule has 0 unspecified atom stereocenters. The second-order valence-corrected chi connectivity index (χ2v) is 4.36. The summed E-state index contributed by atoms with van der Waals surface area (Å²) < 4.78 is 0. The van der Waals surface area contributed by atoms with Gasteiger partial charge in [-0.2, -0.15) is 0 Å². The second-order valence-electron chi connectivity index (χ2n) is 4.36. The number of hydrogen-bond acceptors (Lipinski definition) is 2. The summed E-state index contributed by atoms with van der Waals surface area (Å²) >= 11 is 0. The predicted octanol–water partition coefficient (Wildman–Crippen LogP) is 1.46. The molecule has 0 aliphatic carbocycles. The average molecular weight is 170 g/mol. The predicted molar refractivity (Wildman–Crippen MR) is 53.1 cm³/mol. The molecule has 2 nitrogen and oxygen atoms in total. The van der Waals surface area contributed by atoms with Crippen molar-refractivity contribution < 1.29 is 0 Å². The van der Waals surface area contributed by atoms with E-state index in [0.29, 0.717) is 6.04 Å². The molecule has 0 aromatic rings. The molecule has 1 saturated heterocycles. The van der Waals surface area contributed by atoms with Gasteiger partial charge in [-0.25, -0.2) is 0 Å². The summed E-state index contributed by atoms with van der Waals surface area (Å²) in [5.74, 6) is 0.834. The fraction of sp³-hybridized carbons (Fsp3) is 1.00. The number of piperidine rings is 1. The monoisotopic (exact) mass is 170 g/mol. The molecule has 1 heterocycles. The molecule has 0 aromatic carbocycles. The standard InChI is InChI=1S/C10H22N2/c1-9(2)3-6-12-7-4-10(11)5-8-12/h9-10H,3-8,11H2,1-2H3. The largest absolute Gasteiger partial charge is 0.328 e. The van der Waals surface area contributed by atoms with Gasteiger partial charge in [-0.05, 0) is 44.8 Å². The van der Waals surface area contributed by atoms with Crippen molar-refractivity contribution in [2.45, 2.75) is 39.2 Å². The highest BCUT2D eigenvalue weighted by Gasteiger charge is 2.15. The molecular weight excluding hydrogens is 148 g/mol. The highest BCUT2D eigenvalue weighted by atomic mass is 15.1. The van der Waals surface area contributed by atoms with Gasteiger partial charge in [-0.1, -0.05) is 13.8 Å². The molecule has 2 N–H and O–H groups in total. The molecule has 0 radical (unpaired) electrons. The summed E-state index contributed by atoms with van der Waals surface area (Å²) in [7, 11) is 0. The Kier molecular flexibility index (Phi) is 4.02. The third kappa shape index (κ3) is 3.55. The summed E-state index contributed by atoms with van der Waals surface area (Å²) in [6.07, 6.45) is 3.71. The zero-order valence-electron chi connectivity index (χ0n) is 8.42.